The molecule has 5 rings (SSSR count). The molecule has 10 unspecified atom stereocenters. The molecule has 5 saturated carbocycles. The second kappa shape index (κ2) is 7.79. The van der Waals surface area contributed by atoms with Gasteiger partial charge >= 0.3 is 0 Å². The topological polar surface area (TPSA) is 53.0 Å². The predicted octanol–water partition coefficient (Wildman–Crippen LogP) is 6.23. The molecule has 0 spiro atoms. The second-order valence-corrected chi connectivity index (χ2v) is 13.0. The molecule has 3 heteroatoms. The second-order valence-electron chi connectivity index (χ2n) is 13.0. The number of hydrazine groups is 1. The normalized spacial score (nSPS) is 51.6. The number of nitriles is 1. The van der Waals surface area contributed by atoms with Crippen molar-refractivity contribution in [1.82, 2.24) is 5.01 Å². The maximum absolute atomic E-state index is 9.11. The van der Waals surface area contributed by atoms with Crippen LogP contribution in [0.15, 0.2) is 11.8 Å². The summed E-state index contributed by atoms with van der Waals surface area (Å²) in [5.41, 5.74) is 1.20. The van der Waals surface area contributed by atoms with E-state index in [2.05, 4.69) is 33.8 Å². The third-order valence-corrected chi connectivity index (χ3v) is 11.3. The van der Waals surface area contributed by atoms with E-state index in [9.17, 15) is 0 Å². The van der Waals surface area contributed by atoms with Crippen molar-refractivity contribution in [3.63, 3.8) is 0 Å². The fourth-order valence-electron chi connectivity index (χ4n) is 10.4. The van der Waals surface area contributed by atoms with Crippen LogP contribution in [0.25, 0.3) is 0 Å². The Bertz CT molecular complexity index is 767. The van der Waals surface area contributed by atoms with Gasteiger partial charge in [-0.05, 0) is 116 Å². The van der Waals surface area contributed by atoms with Gasteiger partial charge in [0, 0.05) is 18.3 Å². The molecular weight excluding hydrogens is 378 g/mol. The van der Waals surface area contributed by atoms with Crippen LogP contribution in [-0.4, -0.2) is 11.6 Å². The molecular formula is C28H45N3. The molecule has 5 aliphatic carbocycles. The lowest BCUT2D eigenvalue weighted by atomic mass is 9.47. The summed E-state index contributed by atoms with van der Waals surface area (Å²) in [5, 5.41) is 10.9. The summed E-state index contributed by atoms with van der Waals surface area (Å²) < 4.78 is 0. The monoisotopic (exact) mass is 423 g/mol. The summed E-state index contributed by atoms with van der Waals surface area (Å²) in [4.78, 5) is 0. The van der Waals surface area contributed by atoms with Gasteiger partial charge in [-0.1, -0.05) is 34.1 Å². The van der Waals surface area contributed by atoms with Crippen molar-refractivity contribution in [3.05, 3.63) is 11.8 Å². The van der Waals surface area contributed by atoms with Crippen molar-refractivity contribution in [2.45, 2.75) is 79.6 Å². The van der Waals surface area contributed by atoms with E-state index in [4.69, 9.17) is 11.1 Å². The van der Waals surface area contributed by atoms with Gasteiger partial charge in [-0.2, -0.15) is 5.26 Å². The first-order chi connectivity index (χ1) is 14.8. The maximum Gasteiger partial charge on any atom is 0.0959 e. The molecule has 172 valence electrons. The molecule has 0 aromatic rings. The van der Waals surface area contributed by atoms with Gasteiger partial charge in [-0.15, -0.1) is 0 Å². The smallest absolute Gasteiger partial charge is 0.0959 e. The van der Waals surface area contributed by atoms with Crippen LogP contribution in [0, 0.1) is 81.8 Å². The van der Waals surface area contributed by atoms with Crippen molar-refractivity contribution in [2.24, 2.45) is 76.4 Å². The number of hydrogen-bond acceptors (Lipinski definition) is 3. The van der Waals surface area contributed by atoms with E-state index in [0.29, 0.717) is 16.9 Å². The van der Waals surface area contributed by atoms with E-state index >= 15 is 0 Å². The quantitative estimate of drug-likeness (QED) is 0.331. The Hall–Kier alpha value is -1.01. The lowest BCUT2D eigenvalue weighted by Crippen LogP contribution is -2.51. The van der Waals surface area contributed by atoms with Gasteiger partial charge in [0.15, 0.2) is 0 Å². The molecule has 31 heavy (non-hydrogen) atoms. The highest BCUT2D eigenvalue weighted by molar-refractivity contribution is 5.21. The molecule has 0 bridgehead atoms. The first kappa shape index (κ1) is 21.8. The van der Waals surface area contributed by atoms with Crippen LogP contribution in [0.4, 0.5) is 0 Å². The molecule has 0 radical (unpaired) electrons. The van der Waals surface area contributed by atoms with Crippen molar-refractivity contribution in [3.8, 4) is 6.07 Å². The highest BCUT2D eigenvalue weighted by Gasteiger charge is 2.73. The fraction of sp³-hybridized carbons (Fsp3) is 0.893. The number of nitrogens with two attached hydrogens (primary N) is 1. The molecule has 0 aliphatic heterocycles. The van der Waals surface area contributed by atoms with Gasteiger partial charge in [0.05, 0.1) is 6.07 Å². The van der Waals surface area contributed by atoms with Crippen molar-refractivity contribution in [2.75, 3.05) is 6.54 Å². The van der Waals surface area contributed by atoms with Crippen LogP contribution in [0.5, 0.6) is 0 Å². The Morgan fingerprint density at radius 3 is 2.61 bits per heavy atom. The average Bonchev–Trinajstić information content (AvgIpc) is 3.24. The van der Waals surface area contributed by atoms with Crippen LogP contribution in [0.2, 0.25) is 0 Å². The van der Waals surface area contributed by atoms with E-state index in [-0.39, 0.29) is 0 Å². The molecule has 3 nitrogen and oxygen atoms in total. The van der Waals surface area contributed by atoms with E-state index in [1.807, 2.05) is 13.1 Å². The van der Waals surface area contributed by atoms with Gasteiger partial charge in [-0.25, -0.2) is 5.84 Å². The molecule has 0 heterocycles. The van der Waals surface area contributed by atoms with Gasteiger partial charge in [0.2, 0.25) is 0 Å². The van der Waals surface area contributed by atoms with Crippen molar-refractivity contribution < 1.29 is 0 Å². The van der Waals surface area contributed by atoms with E-state index < -0.39 is 0 Å². The third-order valence-electron chi connectivity index (χ3n) is 11.3. The minimum atomic E-state index is 0.506. The van der Waals surface area contributed by atoms with Gasteiger partial charge in [0.25, 0.3) is 0 Å². The standard InChI is InChI=1S/C28H45N3/c1-16-6-8-21-20(12-16)7-9-23-22(21)10-11-28(5)26(24-19(4)25(24)27(23)28)18(3)15-31(30)14-17(2)13-29/h14,16,18-27H,6-12,15,30H2,1-5H3/b17-14+/t16?,18-,19-,20?,21?,22?,23?,24?,25?,26?,27?,28?/m1/s1. The SMILES string of the molecule is C/C(C#N)=C\N(N)C[C@@H](C)C1C2C(C3C4CCC5CC(C)CCC5C4CCC31C)[C@@H]2C. The number of hydrogen-bond donors (Lipinski definition) is 1. The van der Waals surface area contributed by atoms with Gasteiger partial charge < -0.3 is 5.01 Å². The molecule has 2 N–H and O–H groups in total. The molecule has 12 atom stereocenters. The molecule has 5 fully saturated rings. The summed E-state index contributed by atoms with van der Waals surface area (Å²) >= 11 is 0. The van der Waals surface area contributed by atoms with E-state index in [1.165, 1.54) is 44.9 Å². The fourth-order valence-corrected chi connectivity index (χ4v) is 10.4. The maximum atomic E-state index is 9.11. The van der Waals surface area contributed by atoms with Crippen molar-refractivity contribution >= 4 is 0 Å². The predicted molar refractivity (Wildman–Crippen MR) is 126 cm³/mol. The Morgan fingerprint density at radius 1 is 1.13 bits per heavy atom. The summed E-state index contributed by atoms with van der Waals surface area (Å²) in [6, 6.07) is 2.21. The summed E-state index contributed by atoms with van der Waals surface area (Å²) in [6.45, 7) is 12.9. The molecule has 0 aromatic heterocycles. The first-order valence-electron chi connectivity index (χ1n) is 13.4. The van der Waals surface area contributed by atoms with Crippen LogP contribution < -0.4 is 5.84 Å². The number of nitrogens with zero attached hydrogens (tertiary/aromatic N) is 2. The lowest BCUT2D eigenvalue weighted by Gasteiger charge is -2.58. The van der Waals surface area contributed by atoms with Gasteiger partial charge in [0.1, 0.15) is 0 Å². The summed E-state index contributed by atoms with van der Waals surface area (Å²) in [7, 11) is 0. The Labute approximate surface area is 190 Å². The lowest BCUT2D eigenvalue weighted by molar-refractivity contribution is -0.0914. The van der Waals surface area contributed by atoms with Crippen LogP contribution in [-0.2, 0) is 0 Å². The minimum absolute atomic E-state index is 0.506. The largest absolute Gasteiger partial charge is 0.317 e. The Balaban J connectivity index is 1.36. The van der Waals surface area contributed by atoms with Crippen LogP contribution in [0.1, 0.15) is 79.6 Å². The molecule has 0 aromatic carbocycles. The van der Waals surface area contributed by atoms with Crippen LogP contribution >= 0.6 is 0 Å². The highest BCUT2D eigenvalue weighted by atomic mass is 15.4. The summed E-state index contributed by atoms with van der Waals surface area (Å²) in [5.74, 6) is 16.5. The molecule has 0 amide bonds. The Morgan fingerprint density at radius 2 is 1.87 bits per heavy atom. The zero-order valence-electron chi connectivity index (χ0n) is 20.6. The van der Waals surface area contributed by atoms with Gasteiger partial charge in [-0.3, -0.25) is 0 Å². The Kier molecular flexibility index (Phi) is 5.48. The third kappa shape index (κ3) is 3.38. The minimum Gasteiger partial charge on any atom is -0.317 e. The van der Waals surface area contributed by atoms with E-state index in [1.54, 1.807) is 5.01 Å². The first-order valence-corrected chi connectivity index (χ1v) is 13.4. The summed E-state index contributed by atoms with van der Waals surface area (Å²) in [6.07, 6.45) is 12.3. The zero-order chi connectivity index (χ0) is 22.1. The number of fused-ring (bicyclic) bond motifs is 7. The molecule has 0 saturated heterocycles. The van der Waals surface area contributed by atoms with Crippen LogP contribution in [0.3, 0.4) is 0 Å². The number of allylic oxidation sites excluding steroid dienone is 1. The average molecular weight is 424 g/mol. The zero-order valence-corrected chi connectivity index (χ0v) is 20.6. The van der Waals surface area contributed by atoms with Crippen molar-refractivity contribution in [1.29, 1.82) is 5.26 Å². The highest BCUT2D eigenvalue weighted by Crippen LogP contribution is 2.77. The van der Waals surface area contributed by atoms with E-state index in [0.717, 1.165) is 65.7 Å². The molecule has 5 aliphatic rings. The number of rotatable bonds is 4.